The first-order chi connectivity index (χ1) is 13.0. The van der Waals surface area contributed by atoms with Gasteiger partial charge in [-0.05, 0) is 70.6 Å². The molecule has 2 heterocycles. The van der Waals surface area contributed by atoms with Crippen molar-refractivity contribution < 1.29 is 4.79 Å². The summed E-state index contributed by atoms with van der Waals surface area (Å²) in [5.41, 5.74) is 2.15. The summed E-state index contributed by atoms with van der Waals surface area (Å²) >= 11 is 0. The van der Waals surface area contributed by atoms with Crippen LogP contribution in [0.25, 0.3) is 0 Å². The summed E-state index contributed by atoms with van der Waals surface area (Å²) in [6, 6.07) is 0.776. The van der Waals surface area contributed by atoms with E-state index in [4.69, 9.17) is 0 Å². The molecule has 0 radical (unpaired) electrons. The second-order valence-corrected chi connectivity index (χ2v) is 9.77. The van der Waals surface area contributed by atoms with E-state index in [0.717, 1.165) is 37.8 Å². The molecule has 3 saturated carbocycles. The van der Waals surface area contributed by atoms with Gasteiger partial charge in [-0.1, -0.05) is 0 Å². The van der Waals surface area contributed by atoms with Crippen LogP contribution >= 0.6 is 0 Å². The lowest BCUT2D eigenvalue weighted by Gasteiger charge is -2.58. The molecule has 0 amide bonds. The number of nitrogens with zero attached hydrogens (tertiary/aromatic N) is 4. The minimum atomic E-state index is 0.352. The highest BCUT2D eigenvalue weighted by atomic mass is 16.1. The Hall–Kier alpha value is -1.49. The molecule has 0 aromatic carbocycles. The third-order valence-corrected chi connectivity index (χ3v) is 8.06. The van der Waals surface area contributed by atoms with Crippen molar-refractivity contribution in [1.29, 1.82) is 0 Å². The van der Waals surface area contributed by atoms with Gasteiger partial charge in [0.25, 0.3) is 0 Å². The van der Waals surface area contributed by atoms with E-state index in [2.05, 4.69) is 19.8 Å². The van der Waals surface area contributed by atoms with E-state index in [-0.39, 0.29) is 0 Å². The molecule has 1 aliphatic heterocycles. The lowest BCUT2D eigenvalue weighted by Crippen LogP contribution is -2.63. The number of anilines is 1. The number of hydrogen-bond donors (Lipinski definition) is 0. The average molecular weight is 369 g/mol. The van der Waals surface area contributed by atoms with Gasteiger partial charge in [-0.2, -0.15) is 0 Å². The number of aryl methyl sites for hydroxylation is 1. The monoisotopic (exact) mass is 368 g/mol. The number of piperazine rings is 1. The van der Waals surface area contributed by atoms with Crippen LogP contribution in [0, 0.1) is 18.3 Å². The van der Waals surface area contributed by atoms with Crippen LogP contribution in [0.3, 0.4) is 0 Å². The number of aromatic nitrogens is 2. The summed E-state index contributed by atoms with van der Waals surface area (Å²) in [4.78, 5) is 25.8. The predicted octanol–water partition coefficient (Wildman–Crippen LogP) is 3.37. The van der Waals surface area contributed by atoms with Crippen molar-refractivity contribution in [3.8, 4) is 0 Å². The van der Waals surface area contributed by atoms with E-state index in [1.807, 2.05) is 19.3 Å². The number of rotatable bonds is 3. The van der Waals surface area contributed by atoms with Crippen molar-refractivity contribution in [2.75, 3.05) is 24.5 Å². The van der Waals surface area contributed by atoms with Crippen LogP contribution in [0.15, 0.2) is 12.4 Å². The van der Waals surface area contributed by atoms with E-state index in [1.165, 1.54) is 50.8 Å². The second-order valence-electron chi connectivity index (χ2n) is 9.77. The Kier molecular flexibility index (Phi) is 4.08. The van der Waals surface area contributed by atoms with E-state index in [9.17, 15) is 4.79 Å². The topological polar surface area (TPSA) is 49.3 Å². The molecule has 146 valence electrons. The third-order valence-electron chi connectivity index (χ3n) is 8.06. The lowest BCUT2D eigenvalue weighted by atomic mass is 9.56. The number of carbonyl (C=O) groups is 1. The van der Waals surface area contributed by atoms with Crippen LogP contribution in [0.2, 0.25) is 0 Å². The maximum Gasteiger partial charge on any atom is 0.132 e. The largest absolute Gasteiger partial charge is 0.366 e. The summed E-state index contributed by atoms with van der Waals surface area (Å²) in [5.74, 6) is 1.61. The van der Waals surface area contributed by atoms with E-state index < -0.39 is 0 Å². The van der Waals surface area contributed by atoms with Crippen molar-refractivity contribution in [2.24, 2.45) is 11.3 Å². The average Bonchev–Trinajstić information content (AvgIpc) is 3.40. The zero-order valence-electron chi connectivity index (χ0n) is 16.8. The molecule has 4 aliphatic rings. The quantitative estimate of drug-likeness (QED) is 0.819. The molecular weight excluding hydrogens is 336 g/mol. The van der Waals surface area contributed by atoms with Crippen LogP contribution in [-0.2, 0) is 4.79 Å². The van der Waals surface area contributed by atoms with Crippen molar-refractivity contribution in [1.82, 2.24) is 14.9 Å². The molecule has 4 fully saturated rings. The zero-order chi connectivity index (χ0) is 18.6. The van der Waals surface area contributed by atoms with Gasteiger partial charge in [-0.15, -0.1) is 0 Å². The standard InChI is InChI=1S/C22H32N4O/c1-16(27)18-3-5-21(6-4-18)11-19(12-21)26-10-9-25(15-22(26)7-8-22)20-13-23-17(2)24-14-20/h13-14,18-19H,3-12,15H2,1-2H3/t18-,19-,21?. The summed E-state index contributed by atoms with van der Waals surface area (Å²) < 4.78 is 0. The number of carbonyl (C=O) groups excluding carboxylic acids is 1. The van der Waals surface area contributed by atoms with Gasteiger partial charge in [0.05, 0.1) is 18.1 Å². The van der Waals surface area contributed by atoms with Crippen LogP contribution < -0.4 is 4.90 Å². The molecule has 5 heteroatoms. The Labute approximate surface area is 162 Å². The maximum absolute atomic E-state index is 11.7. The highest BCUT2D eigenvalue weighted by molar-refractivity contribution is 5.78. The molecule has 5 nitrogen and oxygen atoms in total. The molecule has 0 N–H and O–H groups in total. The Morgan fingerprint density at radius 2 is 1.74 bits per heavy atom. The van der Waals surface area contributed by atoms with Gasteiger partial charge in [0.15, 0.2) is 0 Å². The summed E-state index contributed by atoms with van der Waals surface area (Å²) in [7, 11) is 0. The highest BCUT2D eigenvalue weighted by Gasteiger charge is 2.58. The van der Waals surface area contributed by atoms with Gasteiger partial charge in [0.2, 0.25) is 0 Å². The normalized spacial score (nSPS) is 35.3. The maximum atomic E-state index is 11.7. The zero-order valence-corrected chi connectivity index (χ0v) is 16.8. The molecule has 1 aromatic heterocycles. The lowest BCUT2D eigenvalue weighted by molar-refractivity contribution is -0.124. The number of hydrogen-bond acceptors (Lipinski definition) is 5. The van der Waals surface area contributed by atoms with Gasteiger partial charge in [0.1, 0.15) is 11.6 Å². The first-order valence-corrected chi connectivity index (χ1v) is 10.8. The van der Waals surface area contributed by atoms with Crippen molar-refractivity contribution in [2.45, 2.75) is 76.8 Å². The van der Waals surface area contributed by atoms with E-state index >= 15 is 0 Å². The highest BCUT2D eigenvalue weighted by Crippen LogP contribution is 2.58. The second kappa shape index (κ2) is 6.26. The fourth-order valence-electron chi connectivity index (χ4n) is 6.12. The molecule has 3 aliphatic carbocycles. The predicted molar refractivity (Wildman–Crippen MR) is 106 cm³/mol. The number of Topliss-reactive ketones (excluding diaryl/α,β-unsaturated/α-hetero) is 1. The van der Waals surface area contributed by atoms with Crippen LogP contribution in [0.5, 0.6) is 0 Å². The van der Waals surface area contributed by atoms with Crippen LogP contribution in [-0.4, -0.2) is 51.9 Å². The van der Waals surface area contributed by atoms with Gasteiger partial charge < -0.3 is 4.90 Å². The Bertz CT molecular complexity index is 710. The van der Waals surface area contributed by atoms with E-state index in [0.29, 0.717) is 22.7 Å². The number of ketones is 1. The molecular formula is C22H32N4O. The molecule has 5 rings (SSSR count). The Balaban J connectivity index is 1.20. The van der Waals surface area contributed by atoms with Crippen molar-refractivity contribution in [3.05, 3.63) is 18.2 Å². The van der Waals surface area contributed by atoms with Gasteiger partial charge in [0, 0.05) is 37.1 Å². The molecule has 2 spiro atoms. The SMILES string of the molecule is Cc1ncc(N2CCN([C@H]3CC4(CC[C@H](C(C)=O)CC4)C3)C3(CC3)C2)cn1. The molecule has 27 heavy (non-hydrogen) atoms. The molecule has 0 unspecified atom stereocenters. The minimum Gasteiger partial charge on any atom is -0.366 e. The smallest absolute Gasteiger partial charge is 0.132 e. The fourth-order valence-corrected chi connectivity index (χ4v) is 6.12. The first kappa shape index (κ1) is 17.6. The Morgan fingerprint density at radius 1 is 1.07 bits per heavy atom. The first-order valence-electron chi connectivity index (χ1n) is 10.8. The third kappa shape index (κ3) is 3.08. The van der Waals surface area contributed by atoms with Crippen molar-refractivity contribution in [3.63, 3.8) is 0 Å². The van der Waals surface area contributed by atoms with Crippen LogP contribution in [0.4, 0.5) is 5.69 Å². The fraction of sp³-hybridized carbons (Fsp3) is 0.773. The Morgan fingerprint density at radius 3 is 2.33 bits per heavy atom. The van der Waals surface area contributed by atoms with Gasteiger partial charge in [-0.25, -0.2) is 9.97 Å². The minimum absolute atomic E-state index is 0.352. The molecule has 0 bridgehead atoms. The van der Waals surface area contributed by atoms with E-state index in [1.54, 1.807) is 6.92 Å². The molecule has 1 aromatic rings. The summed E-state index contributed by atoms with van der Waals surface area (Å²) in [6.07, 6.45) is 14.2. The van der Waals surface area contributed by atoms with Crippen LogP contribution in [0.1, 0.15) is 64.1 Å². The summed E-state index contributed by atoms with van der Waals surface area (Å²) in [6.45, 7) is 7.12. The molecule has 1 saturated heterocycles. The van der Waals surface area contributed by atoms with Crippen molar-refractivity contribution >= 4 is 11.5 Å². The molecule has 0 atom stereocenters. The van der Waals surface area contributed by atoms with Gasteiger partial charge >= 0.3 is 0 Å². The summed E-state index contributed by atoms with van der Waals surface area (Å²) in [5, 5.41) is 0. The van der Waals surface area contributed by atoms with Gasteiger partial charge in [-0.3, -0.25) is 9.69 Å².